The first-order chi connectivity index (χ1) is 15.7. The molecule has 3 N–H and O–H groups in total. The van der Waals surface area contributed by atoms with Gasteiger partial charge in [0.1, 0.15) is 17.8 Å². The Labute approximate surface area is 194 Å². The smallest absolute Gasteiger partial charge is 0.222 e. The molecule has 2 spiro atoms. The second-order valence-electron chi connectivity index (χ2n) is 12.4. The van der Waals surface area contributed by atoms with Crippen LogP contribution >= 0.6 is 0 Å². The lowest BCUT2D eigenvalue weighted by Gasteiger charge is -2.63. The van der Waals surface area contributed by atoms with Gasteiger partial charge >= 0.3 is 0 Å². The van der Waals surface area contributed by atoms with Crippen molar-refractivity contribution in [3.8, 4) is 0 Å². The van der Waals surface area contributed by atoms with Crippen LogP contribution in [0.1, 0.15) is 58.8 Å². The van der Waals surface area contributed by atoms with Crippen LogP contribution in [0.5, 0.6) is 0 Å². The van der Waals surface area contributed by atoms with E-state index in [2.05, 4.69) is 13.8 Å². The molecule has 4 saturated carbocycles. The van der Waals surface area contributed by atoms with Crippen molar-refractivity contribution >= 4 is 0 Å². The lowest BCUT2D eigenvalue weighted by Crippen LogP contribution is -2.69. The highest BCUT2D eigenvalue weighted by atomic mass is 16.8. The first-order valence-electron chi connectivity index (χ1n) is 12.9. The molecule has 186 valence electrons. The van der Waals surface area contributed by atoms with E-state index in [4.69, 9.17) is 23.7 Å². The summed E-state index contributed by atoms with van der Waals surface area (Å²) in [5.74, 6) is -1.37. The Kier molecular flexibility index (Phi) is 4.32. The van der Waals surface area contributed by atoms with Crippen molar-refractivity contribution in [2.45, 2.75) is 93.8 Å². The van der Waals surface area contributed by atoms with Gasteiger partial charge in [0.2, 0.25) is 5.79 Å². The zero-order valence-corrected chi connectivity index (χ0v) is 19.8. The Balaban J connectivity index is 1.24. The number of hydrogen-bond acceptors (Lipinski definition) is 8. The molecule has 7 rings (SSSR count). The summed E-state index contributed by atoms with van der Waals surface area (Å²) >= 11 is 0. The summed E-state index contributed by atoms with van der Waals surface area (Å²) in [6.45, 7) is 6.02. The lowest BCUT2D eigenvalue weighted by molar-refractivity contribution is -0.326. The van der Waals surface area contributed by atoms with Crippen LogP contribution in [0.4, 0.5) is 0 Å². The molecule has 0 aromatic rings. The van der Waals surface area contributed by atoms with E-state index < -0.39 is 28.7 Å². The SMILES string of the molecule is C[C@]12C[C@H](O)[C@H]3[C@@H](C[C@@H]4O[C@@]45CC4(CC[C@]35C)OCCO4)[C@@H]1CC[C@]2(O)C1(CO)OCCO1. The van der Waals surface area contributed by atoms with Crippen molar-refractivity contribution in [3.63, 3.8) is 0 Å². The molecule has 33 heavy (non-hydrogen) atoms. The lowest BCUT2D eigenvalue weighted by atomic mass is 9.43. The predicted molar refractivity (Wildman–Crippen MR) is 114 cm³/mol. The van der Waals surface area contributed by atoms with Crippen LogP contribution in [-0.4, -0.2) is 83.3 Å². The van der Waals surface area contributed by atoms with E-state index in [0.29, 0.717) is 39.3 Å². The third kappa shape index (κ3) is 2.36. The van der Waals surface area contributed by atoms with Crippen molar-refractivity contribution in [2.24, 2.45) is 28.6 Å². The molecule has 0 aromatic carbocycles. The van der Waals surface area contributed by atoms with Crippen LogP contribution in [0.2, 0.25) is 0 Å². The second-order valence-corrected chi connectivity index (χ2v) is 12.4. The molecule has 0 amide bonds. The fourth-order valence-electron chi connectivity index (χ4n) is 10.0. The number of aliphatic hydroxyl groups excluding tert-OH is 2. The highest BCUT2D eigenvalue weighted by Crippen LogP contribution is 2.76. The number of aliphatic hydroxyl groups is 3. The summed E-state index contributed by atoms with van der Waals surface area (Å²) in [5.41, 5.74) is -2.40. The van der Waals surface area contributed by atoms with E-state index in [1.165, 1.54) is 0 Å². The molecular formula is C25H38O8. The number of ether oxygens (including phenoxy) is 5. The van der Waals surface area contributed by atoms with Crippen molar-refractivity contribution in [2.75, 3.05) is 33.0 Å². The first kappa shape index (κ1) is 21.9. The summed E-state index contributed by atoms with van der Waals surface area (Å²) in [6.07, 6.45) is 4.76. The first-order valence-corrected chi connectivity index (χ1v) is 12.9. The predicted octanol–water partition coefficient (Wildman–Crippen LogP) is 1.34. The maximum atomic E-state index is 12.1. The normalized spacial score (nSPS) is 57.9. The maximum absolute atomic E-state index is 12.1. The van der Waals surface area contributed by atoms with Crippen LogP contribution in [-0.2, 0) is 23.7 Å². The summed E-state index contributed by atoms with van der Waals surface area (Å²) in [6, 6.07) is 0. The standard InChI is InChI=1S/C25H38O8/c1-20-5-6-22(29-7-8-30-22)13-23(20)18(33-23)11-15-16-3-4-24(28,25(14-26)31-9-10-32-25)21(16,2)12-17(27)19(15)20/h15-19,26-28H,3-14H2,1-2H3/t15-,16-,17-,18-,19+,20+,21-,23-,24+/m0/s1. The molecule has 3 heterocycles. The van der Waals surface area contributed by atoms with Gasteiger partial charge in [0.15, 0.2) is 5.79 Å². The fraction of sp³-hybridized carbons (Fsp3) is 1.00. The molecule has 0 radical (unpaired) electrons. The van der Waals surface area contributed by atoms with Gasteiger partial charge in [0.05, 0.1) is 38.6 Å². The Bertz CT molecular complexity index is 838. The molecule has 3 aliphatic heterocycles. The molecule has 4 aliphatic carbocycles. The summed E-state index contributed by atoms with van der Waals surface area (Å²) in [5, 5.41) is 34.2. The molecule has 7 fully saturated rings. The average molecular weight is 467 g/mol. The zero-order chi connectivity index (χ0) is 22.9. The van der Waals surface area contributed by atoms with Crippen molar-refractivity contribution in [1.29, 1.82) is 0 Å². The zero-order valence-electron chi connectivity index (χ0n) is 19.8. The van der Waals surface area contributed by atoms with Crippen molar-refractivity contribution in [3.05, 3.63) is 0 Å². The quantitative estimate of drug-likeness (QED) is 0.523. The third-order valence-electron chi connectivity index (χ3n) is 11.6. The van der Waals surface area contributed by atoms with E-state index in [-0.39, 0.29) is 41.5 Å². The molecule has 0 bridgehead atoms. The summed E-state index contributed by atoms with van der Waals surface area (Å²) in [4.78, 5) is 0. The van der Waals surface area contributed by atoms with E-state index in [9.17, 15) is 15.3 Å². The maximum Gasteiger partial charge on any atom is 0.222 e. The van der Waals surface area contributed by atoms with Gasteiger partial charge in [-0.1, -0.05) is 13.8 Å². The van der Waals surface area contributed by atoms with E-state index in [1.807, 2.05) is 0 Å². The summed E-state index contributed by atoms with van der Waals surface area (Å²) in [7, 11) is 0. The van der Waals surface area contributed by atoms with Gasteiger partial charge in [-0.25, -0.2) is 0 Å². The minimum absolute atomic E-state index is 0.103. The molecule has 8 nitrogen and oxygen atoms in total. The minimum atomic E-state index is -1.41. The van der Waals surface area contributed by atoms with Crippen molar-refractivity contribution < 1.29 is 39.0 Å². The van der Waals surface area contributed by atoms with Crippen LogP contribution in [0.15, 0.2) is 0 Å². The molecule has 7 aliphatic rings. The van der Waals surface area contributed by atoms with Crippen LogP contribution in [0, 0.1) is 28.6 Å². The van der Waals surface area contributed by atoms with Gasteiger partial charge in [-0.05, 0) is 49.9 Å². The van der Waals surface area contributed by atoms with Crippen molar-refractivity contribution in [1.82, 2.24) is 0 Å². The van der Waals surface area contributed by atoms with Gasteiger partial charge < -0.3 is 39.0 Å². The van der Waals surface area contributed by atoms with Crippen LogP contribution in [0.3, 0.4) is 0 Å². The van der Waals surface area contributed by atoms with Crippen LogP contribution in [0.25, 0.3) is 0 Å². The van der Waals surface area contributed by atoms with Gasteiger partial charge in [-0.3, -0.25) is 0 Å². The Morgan fingerprint density at radius 1 is 0.909 bits per heavy atom. The van der Waals surface area contributed by atoms with E-state index in [0.717, 1.165) is 32.1 Å². The third-order valence-corrected chi connectivity index (χ3v) is 11.6. The summed E-state index contributed by atoms with van der Waals surface area (Å²) < 4.78 is 30.5. The highest BCUT2D eigenvalue weighted by Gasteiger charge is 2.81. The van der Waals surface area contributed by atoms with Gasteiger partial charge in [0, 0.05) is 23.7 Å². The Morgan fingerprint density at radius 3 is 2.30 bits per heavy atom. The molecule has 0 aromatic heterocycles. The monoisotopic (exact) mass is 466 g/mol. The molecule has 0 unspecified atom stereocenters. The van der Waals surface area contributed by atoms with Gasteiger partial charge in [-0.15, -0.1) is 0 Å². The number of rotatable bonds is 2. The number of fused-ring (bicyclic) bond motifs is 4. The largest absolute Gasteiger partial charge is 0.393 e. The highest BCUT2D eigenvalue weighted by molar-refractivity contribution is 5.28. The molecule has 3 saturated heterocycles. The van der Waals surface area contributed by atoms with Crippen LogP contribution < -0.4 is 0 Å². The molecule has 9 atom stereocenters. The second kappa shape index (κ2) is 6.51. The average Bonchev–Trinajstić information content (AvgIpc) is 3.14. The Morgan fingerprint density at radius 2 is 1.61 bits per heavy atom. The Hall–Kier alpha value is -0.320. The fourth-order valence-corrected chi connectivity index (χ4v) is 10.0. The van der Waals surface area contributed by atoms with Gasteiger partial charge in [0.25, 0.3) is 0 Å². The van der Waals surface area contributed by atoms with E-state index >= 15 is 0 Å². The number of epoxide rings is 1. The molecule has 8 heteroatoms. The van der Waals surface area contributed by atoms with E-state index in [1.54, 1.807) is 0 Å². The minimum Gasteiger partial charge on any atom is -0.393 e. The topological polar surface area (TPSA) is 110 Å². The van der Waals surface area contributed by atoms with Gasteiger partial charge in [-0.2, -0.15) is 0 Å². The molecular weight excluding hydrogens is 428 g/mol. The number of hydrogen-bond donors (Lipinski definition) is 3.